The van der Waals surface area contributed by atoms with Crippen molar-refractivity contribution in [3.8, 4) is 17.2 Å². The van der Waals surface area contributed by atoms with Gasteiger partial charge in [-0.1, -0.05) is 0 Å². The lowest BCUT2D eigenvalue weighted by Gasteiger charge is -2.15. The molecule has 112 valence electrons. The fraction of sp³-hybridized carbons (Fsp3) is 0.267. The van der Waals surface area contributed by atoms with Crippen LogP contribution in [0.4, 0.5) is 17.2 Å². The third kappa shape index (κ3) is 3.28. The third-order valence-electron chi connectivity index (χ3n) is 2.97. The van der Waals surface area contributed by atoms with Crippen molar-refractivity contribution in [2.75, 3.05) is 39.0 Å². The van der Waals surface area contributed by atoms with Gasteiger partial charge in [0.25, 0.3) is 0 Å². The van der Waals surface area contributed by atoms with Crippen molar-refractivity contribution in [1.82, 2.24) is 4.98 Å². The number of nitrogens with one attached hydrogen (secondary N) is 2. The maximum absolute atomic E-state index is 5.33. The van der Waals surface area contributed by atoms with Crippen LogP contribution < -0.4 is 24.8 Å². The van der Waals surface area contributed by atoms with Gasteiger partial charge in [-0.3, -0.25) is 0 Å². The zero-order valence-electron chi connectivity index (χ0n) is 12.6. The molecule has 6 heteroatoms. The van der Waals surface area contributed by atoms with Crippen LogP contribution in [0.2, 0.25) is 0 Å². The van der Waals surface area contributed by atoms with E-state index in [1.54, 1.807) is 27.5 Å². The van der Waals surface area contributed by atoms with Gasteiger partial charge in [-0.25, -0.2) is 4.98 Å². The number of benzene rings is 1. The van der Waals surface area contributed by atoms with E-state index in [0.29, 0.717) is 17.2 Å². The summed E-state index contributed by atoms with van der Waals surface area (Å²) < 4.78 is 16.0. The standard InChI is InChI=1S/C15H19N3O3/c1-16-14-9-10(5-6-17-14)18-11-7-12(19-2)15(21-4)13(8-11)20-3/h5-9H,1-4H3,(H2,16,17,18). The van der Waals surface area contributed by atoms with Gasteiger partial charge < -0.3 is 24.8 Å². The second-order valence-corrected chi connectivity index (χ2v) is 4.22. The van der Waals surface area contributed by atoms with E-state index in [1.807, 2.05) is 31.3 Å². The molecule has 2 rings (SSSR count). The summed E-state index contributed by atoms with van der Waals surface area (Å²) in [5.41, 5.74) is 1.74. The summed E-state index contributed by atoms with van der Waals surface area (Å²) in [5, 5.41) is 6.28. The minimum Gasteiger partial charge on any atom is -0.493 e. The molecule has 21 heavy (non-hydrogen) atoms. The molecule has 1 aromatic carbocycles. The quantitative estimate of drug-likeness (QED) is 0.852. The van der Waals surface area contributed by atoms with E-state index in [-0.39, 0.29) is 0 Å². The van der Waals surface area contributed by atoms with Gasteiger partial charge in [-0.2, -0.15) is 0 Å². The van der Waals surface area contributed by atoms with Crippen molar-refractivity contribution in [2.45, 2.75) is 0 Å². The Morgan fingerprint density at radius 1 is 0.905 bits per heavy atom. The molecule has 0 amide bonds. The Labute approximate surface area is 124 Å². The predicted molar refractivity (Wildman–Crippen MR) is 83.2 cm³/mol. The Kier molecular flexibility index (Phi) is 4.71. The largest absolute Gasteiger partial charge is 0.493 e. The highest BCUT2D eigenvalue weighted by Gasteiger charge is 2.13. The van der Waals surface area contributed by atoms with Gasteiger partial charge in [-0.15, -0.1) is 0 Å². The highest BCUT2D eigenvalue weighted by atomic mass is 16.5. The van der Waals surface area contributed by atoms with E-state index in [4.69, 9.17) is 14.2 Å². The molecule has 0 aliphatic rings. The maximum Gasteiger partial charge on any atom is 0.203 e. The van der Waals surface area contributed by atoms with Crippen LogP contribution in [-0.2, 0) is 0 Å². The first-order valence-corrected chi connectivity index (χ1v) is 6.42. The summed E-state index contributed by atoms with van der Waals surface area (Å²) in [7, 11) is 6.58. The SMILES string of the molecule is CNc1cc(Nc2cc(OC)c(OC)c(OC)c2)ccn1. The van der Waals surface area contributed by atoms with E-state index >= 15 is 0 Å². The summed E-state index contributed by atoms with van der Waals surface area (Å²) in [4.78, 5) is 4.17. The molecule has 0 atom stereocenters. The molecule has 0 spiro atoms. The number of pyridine rings is 1. The van der Waals surface area contributed by atoms with Gasteiger partial charge in [0.15, 0.2) is 11.5 Å². The monoisotopic (exact) mass is 289 g/mol. The van der Waals surface area contributed by atoms with Gasteiger partial charge in [0.2, 0.25) is 5.75 Å². The second kappa shape index (κ2) is 6.69. The van der Waals surface area contributed by atoms with Crippen molar-refractivity contribution >= 4 is 17.2 Å². The number of rotatable bonds is 6. The number of hydrogen-bond acceptors (Lipinski definition) is 6. The summed E-state index contributed by atoms with van der Waals surface area (Å²) in [6.07, 6.45) is 1.73. The van der Waals surface area contributed by atoms with Crippen molar-refractivity contribution < 1.29 is 14.2 Å². The third-order valence-corrected chi connectivity index (χ3v) is 2.97. The molecule has 0 aliphatic carbocycles. The first-order chi connectivity index (χ1) is 10.2. The van der Waals surface area contributed by atoms with Crippen molar-refractivity contribution in [3.05, 3.63) is 30.5 Å². The topological polar surface area (TPSA) is 64.6 Å². The van der Waals surface area contributed by atoms with Crippen LogP contribution >= 0.6 is 0 Å². The number of anilines is 3. The van der Waals surface area contributed by atoms with Crippen LogP contribution in [0.25, 0.3) is 0 Å². The van der Waals surface area contributed by atoms with E-state index < -0.39 is 0 Å². The molecule has 1 heterocycles. The highest BCUT2D eigenvalue weighted by molar-refractivity contribution is 5.69. The van der Waals surface area contributed by atoms with E-state index in [1.165, 1.54) is 0 Å². The molecule has 0 unspecified atom stereocenters. The maximum atomic E-state index is 5.33. The number of ether oxygens (including phenoxy) is 3. The lowest BCUT2D eigenvalue weighted by atomic mass is 10.2. The Bertz CT molecular complexity index is 592. The van der Waals surface area contributed by atoms with Crippen LogP contribution in [0.3, 0.4) is 0 Å². The Morgan fingerprint density at radius 2 is 1.57 bits per heavy atom. The van der Waals surface area contributed by atoms with Crippen LogP contribution in [0, 0.1) is 0 Å². The summed E-state index contributed by atoms with van der Waals surface area (Å²) in [6, 6.07) is 7.48. The van der Waals surface area contributed by atoms with E-state index in [0.717, 1.165) is 17.2 Å². The lowest BCUT2D eigenvalue weighted by molar-refractivity contribution is 0.324. The molecular weight excluding hydrogens is 270 g/mol. The van der Waals surface area contributed by atoms with Crippen LogP contribution in [0.15, 0.2) is 30.5 Å². The van der Waals surface area contributed by atoms with Crippen LogP contribution in [0.1, 0.15) is 0 Å². The van der Waals surface area contributed by atoms with Crippen LogP contribution in [-0.4, -0.2) is 33.4 Å². The Balaban J connectivity index is 2.35. The van der Waals surface area contributed by atoms with Gasteiger partial charge >= 0.3 is 0 Å². The molecule has 0 fully saturated rings. The molecule has 0 radical (unpaired) electrons. The molecule has 1 aromatic heterocycles. The summed E-state index contributed by atoms with van der Waals surface area (Å²) in [6.45, 7) is 0. The van der Waals surface area contributed by atoms with Gasteiger partial charge in [0.05, 0.1) is 21.3 Å². The average Bonchev–Trinajstić information content (AvgIpc) is 2.53. The molecule has 2 aromatic rings. The molecule has 2 N–H and O–H groups in total. The van der Waals surface area contributed by atoms with Crippen molar-refractivity contribution in [1.29, 1.82) is 0 Å². The first-order valence-electron chi connectivity index (χ1n) is 6.42. The molecular formula is C15H19N3O3. The molecule has 0 saturated carbocycles. The molecule has 0 bridgehead atoms. The van der Waals surface area contributed by atoms with E-state index in [2.05, 4.69) is 15.6 Å². The number of hydrogen-bond donors (Lipinski definition) is 2. The van der Waals surface area contributed by atoms with Gasteiger partial charge in [-0.05, 0) is 6.07 Å². The van der Waals surface area contributed by atoms with E-state index in [9.17, 15) is 0 Å². The molecule has 0 aliphatic heterocycles. The highest BCUT2D eigenvalue weighted by Crippen LogP contribution is 2.40. The summed E-state index contributed by atoms with van der Waals surface area (Å²) in [5.74, 6) is 2.55. The number of methoxy groups -OCH3 is 3. The number of nitrogens with zero attached hydrogens (tertiary/aromatic N) is 1. The van der Waals surface area contributed by atoms with Gasteiger partial charge in [0.1, 0.15) is 5.82 Å². The normalized spacial score (nSPS) is 9.90. The minimum atomic E-state index is 0.566. The smallest absolute Gasteiger partial charge is 0.203 e. The zero-order chi connectivity index (χ0) is 15.2. The fourth-order valence-electron chi connectivity index (χ4n) is 1.96. The lowest BCUT2D eigenvalue weighted by Crippen LogP contribution is -1.98. The van der Waals surface area contributed by atoms with Crippen molar-refractivity contribution in [3.63, 3.8) is 0 Å². The Morgan fingerprint density at radius 3 is 2.10 bits per heavy atom. The molecule has 6 nitrogen and oxygen atoms in total. The Hall–Kier alpha value is -2.63. The minimum absolute atomic E-state index is 0.566. The van der Waals surface area contributed by atoms with Crippen molar-refractivity contribution in [2.24, 2.45) is 0 Å². The van der Waals surface area contributed by atoms with Crippen LogP contribution in [0.5, 0.6) is 17.2 Å². The second-order valence-electron chi connectivity index (χ2n) is 4.22. The average molecular weight is 289 g/mol. The number of aromatic nitrogens is 1. The first kappa shape index (κ1) is 14.8. The zero-order valence-corrected chi connectivity index (χ0v) is 12.6. The summed E-state index contributed by atoms with van der Waals surface area (Å²) >= 11 is 0. The predicted octanol–water partition coefficient (Wildman–Crippen LogP) is 2.89. The van der Waals surface area contributed by atoms with Gasteiger partial charge in [0, 0.05) is 42.8 Å². The fourth-order valence-corrected chi connectivity index (χ4v) is 1.96. The molecule has 0 saturated heterocycles.